The van der Waals surface area contributed by atoms with Crippen LogP contribution in [0.3, 0.4) is 0 Å². The third-order valence-corrected chi connectivity index (χ3v) is 7.75. The average molecular weight is 561 g/mol. The molecule has 0 spiro atoms. The second-order valence-electron chi connectivity index (χ2n) is 8.97. The number of hydrogen-bond donors (Lipinski definition) is 2. The van der Waals surface area contributed by atoms with E-state index < -0.39 is 10.0 Å². The number of sulfonamides is 1. The molecule has 0 unspecified atom stereocenters. The Morgan fingerprint density at radius 1 is 1.13 bits per heavy atom. The van der Waals surface area contributed by atoms with Gasteiger partial charge in [-0.3, -0.25) is 9.52 Å². The van der Waals surface area contributed by atoms with E-state index in [1.54, 1.807) is 44.4 Å². The molecule has 0 saturated carbocycles. The molecule has 0 saturated heterocycles. The summed E-state index contributed by atoms with van der Waals surface area (Å²) in [5, 5.41) is 2.99. The van der Waals surface area contributed by atoms with Crippen LogP contribution in [0.1, 0.15) is 16.7 Å². The lowest BCUT2D eigenvalue weighted by Crippen LogP contribution is -2.19. The van der Waals surface area contributed by atoms with Gasteiger partial charge in [0.05, 0.1) is 18.4 Å². The van der Waals surface area contributed by atoms with Crippen LogP contribution in [0.15, 0.2) is 47.4 Å². The molecule has 1 aliphatic heterocycles. The van der Waals surface area contributed by atoms with Gasteiger partial charge in [-0.15, -0.1) is 0 Å². The van der Waals surface area contributed by atoms with Gasteiger partial charge in [-0.25, -0.2) is 8.42 Å². The van der Waals surface area contributed by atoms with E-state index in [2.05, 4.69) is 15.0 Å². The number of carbonyl (C=O) groups excluding carboxylic acids is 1. The van der Waals surface area contributed by atoms with Gasteiger partial charge in [-0.05, 0) is 62.5 Å². The van der Waals surface area contributed by atoms with E-state index in [1.807, 2.05) is 25.1 Å². The first-order chi connectivity index (χ1) is 18.1. The molecule has 4 rings (SSSR count). The van der Waals surface area contributed by atoms with E-state index in [0.717, 1.165) is 12.1 Å². The zero-order chi connectivity index (χ0) is 27.4. The Balaban J connectivity index is 1.61. The highest BCUT2D eigenvalue weighted by atomic mass is 35.5. The van der Waals surface area contributed by atoms with Gasteiger partial charge in [0.25, 0.3) is 10.0 Å². The fourth-order valence-electron chi connectivity index (χ4n) is 3.81. The van der Waals surface area contributed by atoms with E-state index in [9.17, 15) is 13.2 Å². The number of hydrogen-bond acceptors (Lipinski definition) is 8. The molecule has 0 aliphatic carbocycles. The Labute approximate surface area is 226 Å². The van der Waals surface area contributed by atoms with Crippen LogP contribution in [0.2, 0.25) is 5.02 Å². The number of pyridine rings is 1. The molecule has 2 aromatic carbocycles. The summed E-state index contributed by atoms with van der Waals surface area (Å²) >= 11 is 6.15. The van der Waals surface area contributed by atoms with Gasteiger partial charge in [0.15, 0.2) is 11.5 Å². The molecular weight excluding hydrogens is 532 g/mol. The van der Waals surface area contributed by atoms with Crippen molar-refractivity contribution in [1.82, 2.24) is 9.88 Å². The first kappa shape index (κ1) is 27.5. The number of carbonyl (C=O) groups is 1. The summed E-state index contributed by atoms with van der Waals surface area (Å²) in [5.74, 6) is 1.24. The number of rotatable bonds is 11. The number of anilines is 2. The highest BCUT2D eigenvalue weighted by molar-refractivity contribution is 7.92. The van der Waals surface area contributed by atoms with Crippen LogP contribution >= 0.6 is 11.6 Å². The molecule has 10 nitrogen and oxygen atoms in total. The minimum Gasteiger partial charge on any atom is -0.493 e. The molecule has 0 bridgehead atoms. The van der Waals surface area contributed by atoms with E-state index in [0.29, 0.717) is 40.1 Å². The molecule has 12 heteroatoms. The van der Waals surface area contributed by atoms with Crippen molar-refractivity contribution < 1.29 is 27.4 Å². The van der Waals surface area contributed by atoms with Crippen LogP contribution in [-0.4, -0.2) is 58.6 Å². The molecule has 0 radical (unpaired) electrons. The van der Waals surface area contributed by atoms with Crippen LogP contribution in [0.25, 0.3) is 0 Å². The standard InChI is InChI=1S/C26H29ClN4O6S/c1-16-19(27)6-5-7-23(16)38(33,34)30-20-13-18-14-24(32)28-25(18)29-26(20)37-15-17-8-9-21(35-4)22(12-17)36-11-10-31(2)3/h5-9,12-13,30H,10-11,14-15H2,1-4H3,(H,28,29,32). The number of halogens is 1. The van der Waals surface area contributed by atoms with Crippen molar-refractivity contribution in [1.29, 1.82) is 0 Å². The number of fused-ring (bicyclic) bond motifs is 1. The molecule has 2 heterocycles. The lowest BCUT2D eigenvalue weighted by molar-refractivity contribution is -0.115. The van der Waals surface area contributed by atoms with Gasteiger partial charge in [-0.2, -0.15) is 4.98 Å². The van der Waals surface area contributed by atoms with Crippen LogP contribution in [0.5, 0.6) is 17.4 Å². The van der Waals surface area contributed by atoms with Crippen LogP contribution < -0.4 is 24.2 Å². The smallest absolute Gasteiger partial charge is 0.262 e. The van der Waals surface area contributed by atoms with Gasteiger partial charge in [-0.1, -0.05) is 23.7 Å². The average Bonchev–Trinajstić information content (AvgIpc) is 3.22. The molecule has 1 aliphatic rings. The predicted octanol–water partition coefficient (Wildman–Crippen LogP) is 3.87. The number of aromatic nitrogens is 1. The first-order valence-corrected chi connectivity index (χ1v) is 13.6. The minimum absolute atomic E-state index is 0.0140. The zero-order valence-electron chi connectivity index (χ0n) is 21.5. The number of ether oxygens (including phenoxy) is 3. The van der Waals surface area contributed by atoms with Crippen LogP contribution in [0, 0.1) is 6.92 Å². The van der Waals surface area contributed by atoms with Crippen molar-refractivity contribution in [3.05, 3.63) is 64.2 Å². The van der Waals surface area contributed by atoms with Crippen molar-refractivity contribution in [3.8, 4) is 17.4 Å². The Morgan fingerprint density at radius 2 is 1.92 bits per heavy atom. The molecule has 3 aromatic rings. The zero-order valence-corrected chi connectivity index (χ0v) is 23.1. The lowest BCUT2D eigenvalue weighted by Gasteiger charge is -2.17. The highest BCUT2D eigenvalue weighted by Gasteiger charge is 2.26. The van der Waals surface area contributed by atoms with E-state index in [4.69, 9.17) is 25.8 Å². The Hall–Kier alpha value is -3.54. The van der Waals surface area contributed by atoms with Gasteiger partial charge in [0.1, 0.15) is 24.7 Å². The molecule has 1 aromatic heterocycles. The molecule has 202 valence electrons. The normalized spacial score (nSPS) is 12.7. The quantitative estimate of drug-likeness (QED) is 0.363. The van der Waals surface area contributed by atoms with E-state index in [1.165, 1.54) is 6.07 Å². The maximum absolute atomic E-state index is 13.3. The summed E-state index contributed by atoms with van der Waals surface area (Å²) in [6.45, 7) is 2.87. The maximum Gasteiger partial charge on any atom is 0.262 e. The highest BCUT2D eigenvalue weighted by Crippen LogP contribution is 2.35. The summed E-state index contributed by atoms with van der Waals surface area (Å²) in [6.07, 6.45) is 0.0830. The fraction of sp³-hybridized carbons (Fsp3) is 0.308. The molecule has 1 amide bonds. The number of likely N-dealkylation sites (N-methyl/N-ethyl adjacent to an activating group) is 1. The number of amides is 1. The van der Waals surface area contributed by atoms with E-state index in [-0.39, 0.29) is 35.4 Å². The number of nitrogens with one attached hydrogen (secondary N) is 2. The number of nitrogens with zero attached hydrogens (tertiary/aromatic N) is 2. The van der Waals surface area contributed by atoms with Crippen molar-refractivity contribution in [2.45, 2.75) is 24.8 Å². The van der Waals surface area contributed by atoms with Crippen molar-refractivity contribution >= 4 is 39.0 Å². The predicted molar refractivity (Wildman–Crippen MR) is 145 cm³/mol. The summed E-state index contributed by atoms with van der Waals surface area (Å²) in [7, 11) is 1.44. The van der Waals surface area contributed by atoms with Crippen LogP contribution in [0.4, 0.5) is 11.5 Å². The third kappa shape index (κ3) is 6.29. The first-order valence-electron chi connectivity index (χ1n) is 11.8. The van der Waals surface area contributed by atoms with E-state index >= 15 is 0 Å². The van der Waals surface area contributed by atoms with Gasteiger partial charge in [0, 0.05) is 17.1 Å². The van der Waals surface area contributed by atoms with Crippen molar-refractivity contribution in [2.75, 3.05) is 44.4 Å². The Morgan fingerprint density at radius 3 is 2.66 bits per heavy atom. The minimum atomic E-state index is -4.04. The molecule has 0 fully saturated rings. The second kappa shape index (κ2) is 11.5. The van der Waals surface area contributed by atoms with Crippen LogP contribution in [-0.2, 0) is 27.8 Å². The molecule has 2 N–H and O–H groups in total. The van der Waals surface area contributed by atoms with Gasteiger partial charge in [0.2, 0.25) is 11.8 Å². The third-order valence-electron chi connectivity index (χ3n) is 5.83. The summed E-state index contributed by atoms with van der Waals surface area (Å²) in [5.41, 5.74) is 1.83. The van der Waals surface area contributed by atoms with Gasteiger partial charge < -0.3 is 24.4 Å². The number of methoxy groups -OCH3 is 1. The number of benzene rings is 2. The molecule has 38 heavy (non-hydrogen) atoms. The SMILES string of the molecule is COc1ccc(COc2nc3c(cc2NS(=O)(=O)c2cccc(Cl)c2C)CC(=O)N3)cc1OCCN(C)C. The van der Waals surface area contributed by atoms with Crippen molar-refractivity contribution in [2.24, 2.45) is 0 Å². The lowest BCUT2D eigenvalue weighted by atomic mass is 10.2. The van der Waals surface area contributed by atoms with Gasteiger partial charge >= 0.3 is 0 Å². The largest absolute Gasteiger partial charge is 0.493 e. The monoisotopic (exact) mass is 560 g/mol. The van der Waals surface area contributed by atoms with Crippen molar-refractivity contribution in [3.63, 3.8) is 0 Å². The molecule has 0 atom stereocenters. The Bertz CT molecular complexity index is 1460. The topological polar surface area (TPSA) is 119 Å². The maximum atomic E-state index is 13.3. The summed E-state index contributed by atoms with van der Waals surface area (Å²) < 4.78 is 46.3. The Kier molecular flexibility index (Phi) is 8.29. The molecular formula is C26H29ClN4O6S. The summed E-state index contributed by atoms with van der Waals surface area (Å²) in [6, 6.07) is 11.6. The summed E-state index contributed by atoms with van der Waals surface area (Å²) in [4.78, 5) is 18.4. The fourth-order valence-corrected chi connectivity index (χ4v) is 5.35. The second-order valence-corrected chi connectivity index (χ2v) is 11.0.